The Morgan fingerprint density at radius 3 is 2.55 bits per heavy atom. The van der Waals surface area contributed by atoms with E-state index in [2.05, 4.69) is 0 Å². The molecule has 7 heteroatoms. The number of amides is 1. The van der Waals surface area contributed by atoms with E-state index in [1.165, 1.54) is 0 Å². The van der Waals surface area contributed by atoms with Crippen molar-refractivity contribution in [1.29, 1.82) is 0 Å². The van der Waals surface area contributed by atoms with E-state index < -0.39 is 18.2 Å². The molecule has 2 aromatic rings. The van der Waals surface area contributed by atoms with Gasteiger partial charge < -0.3 is 24.2 Å². The van der Waals surface area contributed by atoms with Crippen molar-refractivity contribution < 1.29 is 28.9 Å². The van der Waals surface area contributed by atoms with Crippen LogP contribution in [0.4, 0.5) is 0 Å². The van der Waals surface area contributed by atoms with Crippen molar-refractivity contribution in [3.05, 3.63) is 60.2 Å². The van der Waals surface area contributed by atoms with Crippen LogP contribution >= 0.6 is 0 Å². The Kier molecular flexibility index (Phi) is 6.39. The Balaban J connectivity index is 1.67. The predicted molar refractivity (Wildman–Crippen MR) is 106 cm³/mol. The van der Waals surface area contributed by atoms with Crippen LogP contribution in [0.5, 0.6) is 11.5 Å². The van der Waals surface area contributed by atoms with Crippen LogP contribution in [0.25, 0.3) is 0 Å². The van der Waals surface area contributed by atoms with Crippen LogP contribution in [0.2, 0.25) is 0 Å². The fourth-order valence-corrected chi connectivity index (χ4v) is 3.29. The molecule has 1 unspecified atom stereocenters. The zero-order valence-corrected chi connectivity index (χ0v) is 16.5. The van der Waals surface area contributed by atoms with Gasteiger partial charge in [0.25, 0.3) is 5.91 Å². The van der Waals surface area contributed by atoms with E-state index in [9.17, 15) is 9.59 Å². The zero-order valence-electron chi connectivity index (χ0n) is 16.5. The maximum absolute atomic E-state index is 13.1. The standard InChI is InChI=1S/C22H25NO6/c1-22(2)15-23(12-19(29-22)13-27-17-8-4-3-5-9-17)21(26)16-7-6-10-18(11-16)28-14-20(24)25/h3-11,19H,12-15H2,1-2H3,(H,24,25). The van der Waals surface area contributed by atoms with E-state index in [1.807, 2.05) is 44.2 Å². The Morgan fingerprint density at radius 1 is 1.10 bits per heavy atom. The highest BCUT2D eigenvalue weighted by Gasteiger charge is 2.36. The molecule has 1 atom stereocenters. The number of nitrogens with zero attached hydrogens (tertiary/aromatic N) is 1. The van der Waals surface area contributed by atoms with Crippen molar-refractivity contribution in [1.82, 2.24) is 4.90 Å². The number of carbonyl (C=O) groups is 2. The zero-order chi connectivity index (χ0) is 20.9. The number of carboxylic acids is 1. The summed E-state index contributed by atoms with van der Waals surface area (Å²) in [5.74, 6) is -0.139. The van der Waals surface area contributed by atoms with Gasteiger partial charge in [0.15, 0.2) is 6.61 Å². The minimum atomic E-state index is -1.07. The van der Waals surface area contributed by atoms with E-state index in [1.54, 1.807) is 29.2 Å². The molecule has 1 aliphatic heterocycles. The summed E-state index contributed by atoms with van der Waals surface area (Å²) in [4.78, 5) is 25.5. The van der Waals surface area contributed by atoms with E-state index in [0.717, 1.165) is 5.75 Å². The molecule has 0 aliphatic carbocycles. The molecule has 0 radical (unpaired) electrons. The topological polar surface area (TPSA) is 85.3 Å². The largest absolute Gasteiger partial charge is 0.491 e. The molecule has 1 N–H and O–H groups in total. The van der Waals surface area contributed by atoms with Gasteiger partial charge in [-0.25, -0.2) is 4.79 Å². The summed E-state index contributed by atoms with van der Waals surface area (Å²) in [5, 5.41) is 8.75. The number of aliphatic carboxylic acids is 1. The van der Waals surface area contributed by atoms with Crippen molar-refractivity contribution in [3.63, 3.8) is 0 Å². The number of para-hydroxylation sites is 1. The highest BCUT2D eigenvalue weighted by Crippen LogP contribution is 2.24. The lowest BCUT2D eigenvalue weighted by Crippen LogP contribution is -2.56. The van der Waals surface area contributed by atoms with Crippen LogP contribution in [0.1, 0.15) is 24.2 Å². The minimum absolute atomic E-state index is 0.160. The molecular weight excluding hydrogens is 374 g/mol. The molecule has 1 saturated heterocycles. The quantitative estimate of drug-likeness (QED) is 0.771. The SMILES string of the molecule is CC1(C)CN(C(=O)c2cccc(OCC(=O)O)c2)CC(COc2ccccc2)O1. The molecule has 2 aromatic carbocycles. The molecule has 0 saturated carbocycles. The smallest absolute Gasteiger partial charge is 0.341 e. The first kappa shape index (κ1) is 20.7. The first-order valence-corrected chi connectivity index (χ1v) is 9.42. The van der Waals surface area contributed by atoms with Gasteiger partial charge in [-0.15, -0.1) is 0 Å². The third kappa shape index (κ3) is 5.96. The molecule has 1 amide bonds. The highest BCUT2D eigenvalue weighted by atomic mass is 16.6. The number of carboxylic acid groups (broad SMARTS) is 1. The van der Waals surface area contributed by atoms with Gasteiger partial charge in [-0.05, 0) is 44.2 Å². The van der Waals surface area contributed by atoms with Crippen molar-refractivity contribution in [3.8, 4) is 11.5 Å². The van der Waals surface area contributed by atoms with Gasteiger partial charge in [-0.2, -0.15) is 0 Å². The first-order chi connectivity index (χ1) is 13.8. The van der Waals surface area contributed by atoms with Crippen LogP contribution in [0.15, 0.2) is 54.6 Å². The van der Waals surface area contributed by atoms with E-state index in [-0.39, 0.29) is 12.0 Å². The molecular formula is C22H25NO6. The van der Waals surface area contributed by atoms with Crippen LogP contribution in [0.3, 0.4) is 0 Å². The Labute approximate surface area is 169 Å². The van der Waals surface area contributed by atoms with Crippen LogP contribution in [-0.2, 0) is 9.53 Å². The van der Waals surface area contributed by atoms with Crippen LogP contribution in [-0.4, -0.2) is 59.9 Å². The molecule has 1 heterocycles. The number of carbonyl (C=O) groups excluding carboxylic acids is 1. The van der Waals surface area contributed by atoms with Gasteiger partial charge in [-0.3, -0.25) is 4.79 Å². The monoisotopic (exact) mass is 399 g/mol. The summed E-state index contributed by atoms with van der Waals surface area (Å²) in [6.07, 6.45) is -0.269. The lowest BCUT2D eigenvalue weighted by Gasteiger charge is -2.42. The second-order valence-corrected chi connectivity index (χ2v) is 7.52. The number of benzene rings is 2. The normalized spacial score (nSPS) is 18.1. The summed E-state index contributed by atoms with van der Waals surface area (Å²) >= 11 is 0. The van der Waals surface area contributed by atoms with Gasteiger partial charge >= 0.3 is 5.97 Å². The number of hydrogen-bond acceptors (Lipinski definition) is 5. The lowest BCUT2D eigenvalue weighted by atomic mass is 10.0. The van der Waals surface area contributed by atoms with E-state index in [0.29, 0.717) is 31.0 Å². The number of rotatable bonds is 7. The molecule has 1 fully saturated rings. The number of morpholine rings is 1. The summed E-state index contributed by atoms with van der Waals surface area (Å²) in [5.41, 5.74) is -0.0796. The Hall–Kier alpha value is -3.06. The number of hydrogen-bond donors (Lipinski definition) is 1. The molecule has 0 aromatic heterocycles. The predicted octanol–water partition coefficient (Wildman–Crippen LogP) is 2.85. The average Bonchev–Trinajstić information content (AvgIpc) is 2.70. The average molecular weight is 399 g/mol. The second kappa shape index (κ2) is 8.96. The van der Waals surface area contributed by atoms with Gasteiger partial charge in [-0.1, -0.05) is 24.3 Å². The molecule has 1 aliphatic rings. The summed E-state index contributed by atoms with van der Waals surface area (Å²) in [7, 11) is 0. The van der Waals surface area contributed by atoms with Gasteiger partial charge in [0.2, 0.25) is 0 Å². The Bertz CT molecular complexity index is 851. The molecule has 7 nitrogen and oxygen atoms in total. The second-order valence-electron chi connectivity index (χ2n) is 7.52. The first-order valence-electron chi connectivity index (χ1n) is 9.42. The molecule has 29 heavy (non-hydrogen) atoms. The Morgan fingerprint density at radius 2 is 1.83 bits per heavy atom. The van der Waals surface area contributed by atoms with Gasteiger partial charge in [0, 0.05) is 12.1 Å². The van der Waals surface area contributed by atoms with Crippen LogP contribution < -0.4 is 9.47 Å². The van der Waals surface area contributed by atoms with Gasteiger partial charge in [0.05, 0.1) is 12.1 Å². The molecule has 154 valence electrons. The van der Waals surface area contributed by atoms with E-state index >= 15 is 0 Å². The molecule has 0 bridgehead atoms. The third-order valence-electron chi connectivity index (χ3n) is 4.39. The minimum Gasteiger partial charge on any atom is -0.491 e. The van der Waals surface area contributed by atoms with Gasteiger partial charge in [0.1, 0.15) is 24.2 Å². The fourth-order valence-electron chi connectivity index (χ4n) is 3.29. The highest BCUT2D eigenvalue weighted by molar-refractivity contribution is 5.94. The maximum atomic E-state index is 13.1. The van der Waals surface area contributed by atoms with Crippen molar-refractivity contribution >= 4 is 11.9 Å². The fraction of sp³-hybridized carbons (Fsp3) is 0.364. The van der Waals surface area contributed by atoms with Crippen molar-refractivity contribution in [2.45, 2.75) is 25.6 Å². The van der Waals surface area contributed by atoms with E-state index in [4.69, 9.17) is 19.3 Å². The third-order valence-corrected chi connectivity index (χ3v) is 4.39. The van der Waals surface area contributed by atoms with Crippen LogP contribution in [0, 0.1) is 0 Å². The number of ether oxygens (including phenoxy) is 3. The summed E-state index contributed by atoms with van der Waals surface area (Å²) in [6.45, 7) is 4.59. The lowest BCUT2D eigenvalue weighted by molar-refractivity contribution is -0.139. The van der Waals surface area contributed by atoms with Crippen molar-refractivity contribution in [2.24, 2.45) is 0 Å². The maximum Gasteiger partial charge on any atom is 0.341 e. The summed E-state index contributed by atoms with van der Waals surface area (Å²) < 4.78 is 17.1. The molecule has 0 spiro atoms. The van der Waals surface area contributed by atoms with Crippen molar-refractivity contribution in [2.75, 3.05) is 26.3 Å². The summed E-state index contributed by atoms with van der Waals surface area (Å²) in [6, 6.07) is 16.0. The molecule has 3 rings (SSSR count).